The van der Waals surface area contributed by atoms with Crippen molar-refractivity contribution in [1.82, 2.24) is 0 Å². The van der Waals surface area contributed by atoms with E-state index in [9.17, 15) is 0 Å². The van der Waals surface area contributed by atoms with E-state index in [1.54, 1.807) is 0 Å². The van der Waals surface area contributed by atoms with Gasteiger partial charge in [-0.3, -0.25) is 9.11 Å². The Labute approximate surface area is 289 Å². The summed E-state index contributed by atoms with van der Waals surface area (Å²) in [5.41, 5.74) is 0. The normalized spacial score (nSPS) is 10.9. The zero-order valence-corrected chi connectivity index (χ0v) is 31.5. The first kappa shape index (κ1) is 49.4. The number of aliphatic hydroxyl groups excluding tert-OH is 1. The Morgan fingerprint density at radius 2 is 0.786 bits per heavy atom. The Hall–Kier alpha value is 0.510. The van der Waals surface area contributed by atoms with E-state index in [1.807, 2.05) is 0 Å². The molecule has 0 aliphatic rings. The van der Waals surface area contributed by atoms with Crippen LogP contribution >= 0.6 is 0 Å². The van der Waals surface area contributed by atoms with Gasteiger partial charge in [-0.1, -0.05) is 173 Å². The molecule has 0 fully saturated rings. The Bertz CT molecular complexity index is 495. The van der Waals surface area contributed by atoms with Gasteiger partial charge >= 0.3 is 29.6 Å². The average Bonchev–Trinajstić information content (AvgIpc) is 2.95. The van der Waals surface area contributed by atoms with E-state index < -0.39 is 11.4 Å². The summed E-state index contributed by atoms with van der Waals surface area (Å²) in [6, 6.07) is 0. The van der Waals surface area contributed by atoms with E-state index in [0.29, 0.717) is 6.61 Å². The summed E-state index contributed by atoms with van der Waals surface area (Å²) in [5, 5.41) is 8.67. The molecule has 248 valence electrons. The number of hydrogen-bond acceptors (Lipinski definition) is 2. The van der Waals surface area contributed by atoms with E-state index in [-0.39, 0.29) is 29.6 Å². The van der Waals surface area contributed by atoms with Crippen LogP contribution in [0.5, 0.6) is 0 Å². The maximum Gasteiger partial charge on any atom is 1.00 e. The number of hydrogen-bond donors (Lipinski definition) is 3. The molecular formula is C36H73NaO4S. The van der Waals surface area contributed by atoms with Crippen LogP contribution in [0.25, 0.3) is 0 Å². The topological polar surface area (TPSA) is 77.8 Å². The molecule has 0 aromatic carbocycles. The summed E-state index contributed by atoms with van der Waals surface area (Å²) >= 11 is -2.61. The number of rotatable bonds is 29. The maximum absolute atomic E-state index is 8.67. The van der Waals surface area contributed by atoms with Gasteiger partial charge in [0.15, 0.2) is 0 Å². The molecule has 0 saturated heterocycles. The standard InChI is InChI=1S/C18H38O.C18H33.Na.H2O3S/c1-2-3-4-5-6-7-8-9-10-11-12-13-14-15-16-17-18-19;1-3-5-7-9-11-13-15-17-18-16-14-12-10-8-6-4-2;;1-4(2)3/h19H,2-18H2,1H3;12,14,17-18H,1,3-11,13,15-16H2,2H3;;(H2,1,2,3)/q;-1;+1;/b;14-12-,18-17-;;. The van der Waals surface area contributed by atoms with Crippen LogP contribution in [0.3, 0.4) is 0 Å². The molecule has 0 bridgehead atoms. The third-order valence-electron chi connectivity index (χ3n) is 7.21. The summed E-state index contributed by atoms with van der Waals surface area (Å²) in [6.45, 7) is 8.78. The third kappa shape index (κ3) is 63.7. The molecule has 0 aliphatic carbocycles. The van der Waals surface area contributed by atoms with Gasteiger partial charge in [0.05, 0.1) is 0 Å². The van der Waals surface area contributed by atoms with Crippen molar-refractivity contribution in [3.63, 3.8) is 0 Å². The van der Waals surface area contributed by atoms with E-state index in [0.717, 1.165) is 19.3 Å². The van der Waals surface area contributed by atoms with Crippen LogP contribution in [-0.2, 0) is 11.4 Å². The van der Waals surface area contributed by atoms with Crippen molar-refractivity contribution in [3.8, 4) is 0 Å². The molecule has 0 radical (unpaired) electrons. The summed E-state index contributed by atoms with van der Waals surface area (Å²) in [4.78, 5) is 0. The molecule has 42 heavy (non-hydrogen) atoms. The van der Waals surface area contributed by atoms with Gasteiger partial charge in [0.25, 0.3) is 11.4 Å². The van der Waals surface area contributed by atoms with Crippen molar-refractivity contribution < 1.29 is 48.0 Å². The van der Waals surface area contributed by atoms with E-state index in [1.165, 1.54) is 161 Å². The predicted molar refractivity (Wildman–Crippen MR) is 185 cm³/mol. The smallest absolute Gasteiger partial charge is 0.396 e. The van der Waals surface area contributed by atoms with E-state index in [2.05, 4.69) is 45.1 Å². The van der Waals surface area contributed by atoms with E-state index in [4.69, 9.17) is 18.4 Å². The first-order valence-corrected chi connectivity index (χ1v) is 18.6. The molecule has 0 aromatic heterocycles. The molecule has 4 nitrogen and oxygen atoms in total. The van der Waals surface area contributed by atoms with Crippen molar-refractivity contribution in [1.29, 1.82) is 0 Å². The Morgan fingerprint density at radius 1 is 0.500 bits per heavy atom. The molecule has 0 spiro atoms. The Morgan fingerprint density at radius 3 is 1.14 bits per heavy atom. The molecule has 6 heteroatoms. The first-order valence-electron chi connectivity index (χ1n) is 17.6. The molecule has 0 rings (SSSR count). The van der Waals surface area contributed by atoms with Gasteiger partial charge in [-0.15, -0.1) is 0 Å². The van der Waals surface area contributed by atoms with Crippen LogP contribution in [0, 0.1) is 6.92 Å². The second-order valence-corrected chi connectivity index (χ2v) is 11.8. The zero-order chi connectivity index (χ0) is 30.9. The molecule has 0 unspecified atom stereocenters. The number of aliphatic hydroxyl groups is 1. The fraction of sp³-hybridized carbons (Fsp3) is 0.861. The molecule has 0 amide bonds. The molecule has 3 N–H and O–H groups in total. The van der Waals surface area contributed by atoms with Gasteiger partial charge in [0.2, 0.25) is 0 Å². The summed E-state index contributed by atoms with van der Waals surface area (Å²) in [7, 11) is 0. The minimum Gasteiger partial charge on any atom is -0.396 e. The Balaban J connectivity index is -0.000000298. The average molecular weight is 625 g/mol. The quantitative estimate of drug-likeness (QED) is 0.0255. The molecule has 0 saturated carbocycles. The van der Waals surface area contributed by atoms with Gasteiger partial charge in [0.1, 0.15) is 0 Å². The van der Waals surface area contributed by atoms with Crippen molar-refractivity contribution >= 4 is 11.4 Å². The SMILES string of the molecule is CCCCCCCCCCCCCCCCCCO.O=S(O)O.[CH2-]CCCCCCC/C=C\C/C=C\CCCCC.[Na+]. The predicted octanol–water partition coefficient (Wildman–Crippen LogP) is 9.56. The van der Waals surface area contributed by atoms with Gasteiger partial charge in [-0.25, -0.2) is 0 Å². The van der Waals surface area contributed by atoms with Crippen molar-refractivity contribution in [2.45, 2.75) is 194 Å². The summed E-state index contributed by atoms with van der Waals surface area (Å²) < 4.78 is 22.8. The molecule has 0 heterocycles. The summed E-state index contributed by atoms with van der Waals surface area (Å²) in [5.74, 6) is 0. The second-order valence-electron chi connectivity index (χ2n) is 11.3. The van der Waals surface area contributed by atoms with Crippen molar-refractivity contribution in [3.05, 3.63) is 31.2 Å². The van der Waals surface area contributed by atoms with Crippen LogP contribution in [0.4, 0.5) is 0 Å². The first-order chi connectivity index (χ1) is 20.1. The third-order valence-corrected chi connectivity index (χ3v) is 7.21. The van der Waals surface area contributed by atoms with Crippen molar-refractivity contribution in [2.24, 2.45) is 0 Å². The fourth-order valence-corrected chi connectivity index (χ4v) is 4.65. The maximum atomic E-state index is 8.67. The largest absolute Gasteiger partial charge is 1.00 e. The second kappa shape index (κ2) is 51.1. The molecule has 0 aromatic rings. The van der Waals surface area contributed by atoms with E-state index >= 15 is 0 Å². The van der Waals surface area contributed by atoms with Crippen LogP contribution in [0.1, 0.15) is 194 Å². The van der Waals surface area contributed by atoms with Crippen LogP contribution in [0.15, 0.2) is 24.3 Å². The van der Waals surface area contributed by atoms with Gasteiger partial charge in [0, 0.05) is 6.61 Å². The van der Waals surface area contributed by atoms with Crippen LogP contribution in [-0.4, -0.2) is 25.0 Å². The minimum absolute atomic E-state index is 0. The van der Waals surface area contributed by atoms with Crippen LogP contribution in [0.2, 0.25) is 0 Å². The van der Waals surface area contributed by atoms with Crippen LogP contribution < -0.4 is 29.6 Å². The number of unbranched alkanes of at least 4 members (excludes halogenated alkanes) is 24. The monoisotopic (exact) mass is 625 g/mol. The van der Waals surface area contributed by atoms with Crippen molar-refractivity contribution in [2.75, 3.05) is 6.61 Å². The van der Waals surface area contributed by atoms with Gasteiger partial charge < -0.3 is 12.0 Å². The number of allylic oxidation sites excluding steroid dienone is 4. The van der Waals surface area contributed by atoms with Gasteiger partial charge in [-0.05, 0) is 38.5 Å². The Kier molecular flexibility index (Phi) is 60.1. The molecule has 0 aliphatic heterocycles. The fourth-order valence-electron chi connectivity index (χ4n) is 4.65. The molecule has 0 atom stereocenters. The van der Waals surface area contributed by atoms with Gasteiger partial charge in [-0.2, -0.15) is 10.6 Å². The summed E-state index contributed by atoms with van der Waals surface area (Å²) in [6.07, 6.45) is 47.0. The minimum atomic E-state index is -2.61. The molecular weight excluding hydrogens is 551 g/mol. The zero-order valence-electron chi connectivity index (χ0n) is 28.7.